The van der Waals surface area contributed by atoms with Gasteiger partial charge in [-0.05, 0) is 24.5 Å². The van der Waals surface area contributed by atoms with Crippen molar-refractivity contribution in [1.29, 1.82) is 0 Å². The van der Waals surface area contributed by atoms with Gasteiger partial charge < -0.3 is 19.9 Å². The number of amides is 1. The lowest BCUT2D eigenvalue weighted by Crippen LogP contribution is -2.49. The minimum absolute atomic E-state index is 0.0975. The number of carbonyl (C=O) groups is 2. The van der Waals surface area contributed by atoms with Crippen LogP contribution in [0.3, 0.4) is 0 Å². The summed E-state index contributed by atoms with van der Waals surface area (Å²) in [6, 6.07) is 17.6. The lowest BCUT2D eigenvalue weighted by Gasteiger charge is -2.22. The quantitative estimate of drug-likeness (QED) is 0.709. The minimum Gasteiger partial charge on any atom is -0.464 e. The maximum absolute atomic E-state index is 12.1. The van der Waals surface area contributed by atoms with Crippen LogP contribution in [0.2, 0.25) is 0 Å². The summed E-state index contributed by atoms with van der Waals surface area (Å²) in [5, 5.41) is 12.8. The number of aliphatic hydroxyl groups is 1. The molecular weight excluding hydrogens is 334 g/mol. The van der Waals surface area contributed by atoms with Crippen LogP contribution in [0.4, 0.5) is 4.79 Å². The summed E-state index contributed by atoms with van der Waals surface area (Å²) in [6.07, 6.45) is -1.93. The van der Waals surface area contributed by atoms with E-state index in [9.17, 15) is 14.7 Å². The molecule has 0 spiro atoms. The number of ether oxygens (including phenoxy) is 2. The molecule has 1 amide bonds. The number of benzene rings is 2. The van der Waals surface area contributed by atoms with E-state index in [0.29, 0.717) is 0 Å². The summed E-state index contributed by atoms with van der Waals surface area (Å²) in [5.41, 5.74) is 1.71. The van der Waals surface area contributed by atoms with Crippen molar-refractivity contribution in [1.82, 2.24) is 5.32 Å². The molecule has 0 bridgehead atoms. The number of alkyl carbamates (subject to hydrolysis) is 1. The van der Waals surface area contributed by atoms with Crippen molar-refractivity contribution in [2.45, 2.75) is 32.1 Å². The number of hydrogen-bond acceptors (Lipinski definition) is 5. The van der Waals surface area contributed by atoms with Crippen LogP contribution in [-0.4, -0.2) is 35.9 Å². The number of esters is 1. The summed E-state index contributed by atoms with van der Waals surface area (Å²) in [6.45, 7) is 1.89. The van der Waals surface area contributed by atoms with E-state index in [2.05, 4.69) is 5.32 Å². The topological polar surface area (TPSA) is 84.9 Å². The average molecular weight is 357 g/mol. The molecule has 0 aliphatic rings. The maximum atomic E-state index is 12.1. The molecule has 2 atom stereocenters. The van der Waals surface area contributed by atoms with Crippen molar-refractivity contribution in [3.8, 4) is 0 Å². The number of nitrogens with one attached hydrogen (secondary N) is 1. The molecule has 0 radical (unpaired) electrons. The summed E-state index contributed by atoms with van der Waals surface area (Å²) < 4.78 is 10.0. The Morgan fingerprint density at radius 3 is 2.12 bits per heavy atom. The lowest BCUT2D eigenvalue weighted by molar-refractivity contribution is -0.154. The van der Waals surface area contributed by atoms with Gasteiger partial charge in [0.05, 0.1) is 12.6 Å². The third kappa shape index (κ3) is 6.22. The Balaban J connectivity index is 2.00. The molecule has 2 rings (SSSR count). The van der Waals surface area contributed by atoms with Crippen LogP contribution in [0.25, 0.3) is 0 Å². The Kier molecular flexibility index (Phi) is 7.64. The highest BCUT2D eigenvalue weighted by molar-refractivity contribution is 5.77. The van der Waals surface area contributed by atoms with Crippen LogP contribution in [0.1, 0.15) is 18.1 Å². The van der Waals surface area contributed by atoms with Gasteiger partial charge in [-0.25, -0.2) is 9.59 Å². The molecule has 0 fully saturated rings. The van der Waals surface area contributed by atoms with Crippen LogP contribution in [0.5, 0.6) is 0 Å². The molecule has 2 aromatic carbocycles. The van der Waals surface area contributed by atoms with Gasteiger partial charge in [0.15, 0.2) is 6.10 Å². The van der Waals surface area contributed by atoms with Crippen molar-refractivity contribution < 1.29 is 24.2 Å². The lowest BCUT2D eigenvalue weighted by atomic mass is 10.0. The van der Waals surface area contributed by atoms with Crippen molar-refractivity contribution in [2.75, 3.05) is 6.61 Å². The zero-order valence-corrected chi connectivity index (χ0v) is 14.6. The SMILES string of the molecule is CCOC(=O)[C@H](O)[C@H](Cc1ccccc1)NC(=O)OCc1ccccc1. The van der Waals surface area contributed by atoms with E-state index in [-0.39, 0.29) is 19.6 Å². The fourth-order valence-electron chi connectivity index (χ4n) is 2.42. The van der Waals surface area contributed by atoms with Gasteiger partial charge in [-0.15, -0.1) is 0 Å². The summed E-state index contributed by atoms with van der Waals surface area (Å²) in [7, 11) is 0. The fraction of sp³-hybridized carbons (Fsp3) is 0.300. The summed E-state index contributed by atoms with van der Waals surface area (Å²) in [5.74, 6) is -0.781. The van der Waals surface area contributed by atoms with Crippen molar-refractivity contribution in [2.24, 2.45) is 0 Å². The molecule has 0 saturated carbocycles. The predicted octanol–water partition coefficient (Wildman–Crippen LogP) is 2.45. The van der Waals surface area contributed by atoms with Crippen LogP contribution < -0.4 is 5.32 Å². The Hall–Kier alpha value is -2.86. The zero-order chi connectivity index (χ0) is 18.8. The Labute approximate surface area is 152 Å². The Bertz CT molecular complexity index is 690. The van der Waals surface area contributed by atoms with Gasteiger partial charge in [0.1, 0.15) is 6.61 Å². The number of rotatable bonds is 8. The van der Waals surface area contributed by atoms with E-state index in [0.717, 1.165) is 11.1 Å². The first kappa shape index (κ1) is 19.5. The van der Waals surface area contributed by atoms with Crippen LogP contribution in [0.15, 0.2) is 60.7 Å². The molecule has 2 aromatic rings. The third-order valence-electron chi connectivity index (χ3n) is 3.72. The molecular formula is C20H23NO5. The monoisotopic (exact) mass is 357 g/mol. The zero-order valence-electron chi connectivity index (χ0n) is 14.6. The molecule has 0 aliphatic heterocycles. The third-order valence-corrected chi connectivity index (χ3v) is 3.72. The molecule has 6 nitrogen and oxygen atoms in total. The van der Waals surface area contributed by atoms with Crippen LogP contribution >= 0.6 is 0 Å². The van der Waals surface area contributed by atoms with Crippen LogP contribution in [-0.2, 0) is 27.3 Å². The minimum atomic E-state index is -1.49. The van der Waals surface area contributed by atoms with Gasteiger partial charge >= 0.3 is 12.1 Å². The summed E-state index contributed by atoms with van der Waals surface area (Å²) >= 11 is 0. The van der Waals surface area contributed by atoms with Gasteiger partial charge in [-0.3, -0.25) is 0 Å². The Morgan fingerprint density at radius 1 is 0.962 bits per heavy atom. The first-order valence-corrected chi connectivity index (χ1v) is 8.46. The van der Waals surface area contributed by atoms with Crippen LogP contribution in [0, 0.1) is 0 Å². The Morgan fingerprint density at radius 2 is 1.54 bits per heavy atom. The summed E-state index contributed by atoms with van der Waals surface area (Å²) in [4.78, 5) is 24.0. The molecule has 0 aliphatic carbocycles. The highest BCUT2D eigenvalue weighted by Gasteiger charge is 2.29. The molecule has 0 aromatic heterocycles. The van der Waals surface area contributed by atoms with E-state index >= 15 is 0 Å². The normalized spacial score (nSPS) is 12.7. The second kappa shape index (κ2) is 10.2. The van der Waals surface area contributed by atoms with Gasteiger partial charge in [-0.1, -0.05) is 60.7 Å². The maximum Gasteiger partial charge on any atom is 0.407 e. The fourth-order valence-corrected chi connectivity index (χ4v) is 2.42. The number of hydrogen-bond donors (Lipinski definition) is 2. The number of carbonyl (C=O) groups excluding carboxylic acids is 2. The standard InChI is InChI=1S/C20H23NO5/c1-2-25-19(23)18(22)17(13-15-9-5-3-6-10-15)21-20(24)26-14-16-11-7-4-8-12-16/h3-12,17-18,22H,2,13-14H2,1H3,(H,21,24)/t17-,18+/m0/s1. The van der Waals surface area contributed by atoms with Gasteiger partial charge in [-0.2, -0.15) is 0 Å². The van der Waals surface area contributed by atoms with Gasteiger partial charge in [0.25, 0.3) is 0 Å². The first-order valence-electron chi connectivity index (χ1n) is 8.46. The molecule has 138 valence electrons. The van der Waals surface area contributed by atoms with E-state index in [1.165, 1.54) is 0 Å². The smallest absolute Gasteiger partial charge is 0.407 e. The number of aliphatic hydroxyl groups excluding tert-OH is 1. The molecule has 6 heteroatoms. The van der Waals surface area contributed by atoms with Crippen molar-refractivity contribution in [3.05, 3.63) is 71.8 Å². The van der Waals surface area contributed by atoms with Gasteiger partial charge in [0.2, 0.25) is 0 Å². The van der Waals surface area contributed by atoms with E-state index in [4.69, 9.17) is 9.47 Å². The van der Waals surface area contributed by atoms with E-state index in [1.807, 2.05) is 60.7 Å². The highest BCUT2D eigenvalue weighted by atomic mass is 16.6. The largest absolute Gasteiger partial charge is 0.464 e. The molecule has 2 N–H and O–H groups in total. The molecule has 0 heterocycles. The van der Waals surface area contributed by atoms with E-state index < -0.39 is 24.2 Å². The van der Waals surface area contributed by atoms with Gasteiger partial charge in [0, 0.05) is 0 Å². The average Bonchev–Trinajstić information content (AvgIpc) is 2.67. The van der Waals surface area contributed by atoms with E-state index in [1.54, 1.807) is 6.92 Å². The second-order valence-corrected chi connectivity index (χ2v) is 5.70. The molecule has 0 saturated heterocycles. The highest BCUT2D eigenvalue weighted by Crippen LogP contribution is 2.09. The predicted molar refractivity (Wildman–Crippen MR) is 96.3 cm³/mol. The first-order chi connectivity index (χ1) is 12.6. The molecule has 26 heavy (non-hydrogen) atoms. The van der Waals surface area contributed by atoms with Crippen molar-refractivity contribution in [3.63, 3.8) is 0 Å². The molecule has 0 unspecified atom stereocenters. The van der Waals surface area contributed by atoms with Crippen molar-refractivity contribution >= 4 is 12.1 Å². The second-order valence-electron chi connectivity index (χ2n) is 5.70.